The minimum absolute atomic E-state index is 0. The maximum Gasteiger partial charge on any atom is 0.226 e. The van der Waals surface area contributed by atoms with E-state index in [0.29, 0.717) is 38.0 Å². The number of H-pyrrole nitrogens is 1. The molecule has 3 N–H and O–H groups in total. The van der Waals surface area contributed by atoms with Gasteiger partial charge in [-0.05, 0) is 32.2 Å². The number of aryl methyl sites for hydroxylation is 1. The van der Waals surface area contributed by atoms with Crippen LogP contribution in [0.5, 0.6) is 0 Å². The number of hydrogen-bond donors (Lipinski definition) is 2. The van der Waals surface area contributed by atoms with Gasteiger partial charge in [0, 0.05) is 12.5 Å². The van der Waals surface area contributed by atoms with Crippen molar-refractivity contribution in [3.05, 3.63) is 11.6 Å². The van der Waals surface area contributed by atoms with Crippen molar-refractivity contribution in [1.82, 2.24) is 20.1 Å². The predicted octanol–water partition coefficient (Wildman–Crippen LogP) is 1.23. The molecule has 7 nitrogen and oxygen atoms in total. The summed E-state index contributed by atoms with van der Waals surface area (Å²) in [6.45, 7) is 4.16. The molecule has 1 aliphatic carbocycles. The molecule has 3 atom stereocenters. The Kier molecular flexibility index (Phi) is 7.73. The van der Waals surface area contributed by atoms with Crippen molar-refractivity contribution in [2.24, 2.45) is 17.6 Å². The second kappa shape index (κ2) is 8.82. The Bertz CT molecular complexity index is 513. The molecule has 3 rings (SSSR count). The number of nitrogens with zero attached hydrogens (tertiary/aromatic N) is 3. The average molecular weight is 366 g/mol. The number of rotatable bonds is 3. The fourth-order valence-electron chi connectivity index (χ4n) is 3.39. The first kappa shape index (κ1) is 20.2. The van der Waals surface area contributed by atoms with Crippen LogP contribution in [-0.2, 0) is 9.53 Å². The Balaban J connectivity index is 0.00000132. The van der Waals surface area contributed by atoms with E-state index in [9.17, 15) is 4.79 Å². The molecule has 0 radical (unpaired) electrons. The van der Waals surface area contributed by atoms with Crippen molar-refractivity contribution in [2.45, 2.75) is 32.3 Å². The number of morpholine rings is 1. The summed E-state index contributed by atoms with van der Waals surface area (Å²) in [4.78, 5) is 18.9. The Hall–Kier alpha value is -0.890. The molecule has 1 saturated carbocycles. The standard InChI is InChI=1S/C14H23N5O2.2ClH/c1-9-16-13(18-17-9)12-8-19(5-6-21-12)14(20)11-4-2-3-10(11)7-15;;/h10-12H,2-8,15H2,1H3,(H,16,17,18);2*1H/t10-,11-,12?;;/m1../s1. The molecule has 1 saturated heterocycles. The number of aromatic nitrogens is 3. The molecule has 1 unspecified atom stereocenters. The fourth-order valence-corrected chi connectivity index (χ4v) is 3.39. The summed E-state index contributed by atoms with van der Waals surface area (Å²) in [6.07, 6.45) is 2.90. The topological polar surface area (TPSA) is 97.1 Å². The summed E-state index contributed by atoms with van der Waals surface area (Å²) >= 11 is 0. The van der Waals surface area contributed by atoms with Crippen LogP contribution in [-0.4, -0.2) is 52.2 Å². The molecule has 2 fully saturated rings. The van der Waals surface area contributed by atoms with Gasteiger partial charge < -0.3 is 15.4 Å². The van der Waals surface area contributed by atoms with Crippen molar-refractivity contribution >= 4 is 30.7 Å². The number of carbonyl (C=O) groups excluding carboxylic acids is 1. The van der Waals surface area contributed by atoms with E-state index in [-0.39, 0.29) is 42.7 Å². The molecule has 2 heterocycles. The molecule has 1 aliphatic heterocycles. The summed E-state index contributed by atoms with van der Waals surface area (Å²) in [6, 6.07) is 0. The van der Waals surface area contributed by atoms with Gasteiger partial charge in [-0.1, -0.05) is 6.42 Å². The third-order valence-corrected chi connectivity index (χ3v) is 4.56. The van der Waals surface area contributed by atoms with Crippen molar-refractivity contribution in [3.8, 4) is 0 Å². The molecule has 9 heteroatoms. The predicted molar refractivity (Wildman–Crippen MR) is 90.8 cm³/mol. The number of amides is 1. The van der Waals surface area contributed by atoms with Gasteiger partial charge in [0.15, 0.2) is 5.82 Å². The number of carbonyl (C=O) groups is 1. The van der Waals surface area contributed by atoms with E-state index in [0.717, 1.165) is 25.1 Å². The van der Waals surface area contributed by atoms with Crippen LogP contribution in [0.3, 0.4) is 0 Å². The first-order valence-electron chi connectivity index (χ1n) is 7.68. The molecule has 0 bridgehead atoms. The van der Waals surface area contributed by atoms with Crippen LogP contribution in [0.2, 0.25) is 0 Å². The van der Waals surface area contributed by atoms with E-state index in [1.807, 2.05) is 11.8 Å². The zero-order valence-corrected chi connectivity index (χ0v) is 14.9. The number of halogens is 2. The van der Waals surface area contributed by atoms with Crippen molar-refractivity contribution in [3.63, 3.8) is 0 Å². The molecule has 2 aliphatic rings. The van der Waals surface area contributed by atoms with E-state index in [1.165, 1.54) is 0 Å². The highest BCUT2D eigenvalue weighted by Gasteiger charge is 2.37. The molecular formula is C14H25Cl2N5O2. The van der Waals surface area contributed by atoms with Gasteiger partial charge in [0.1, 0.15) is 11.9 Å². The van der Waals surface area contributed by atoms with Crippen LogP contribution < -0.4 is 5.73 Å². The van der Waals surface area contributed by atoms with Crippen LogP contribution in [0.25, 0.3) is 0 Å². The third kappa shape index (κ3) is 4.35. The second-order valence-corrected chi connectivity index (χ2v) is 5.96. The number of nitrogens with one attached hydrogen (secondary N) is 1. The molecule has 132 valence electrons. The highest BCUT2D eigenvalue weighted by Crippen LogP contribution is 2.33. The molecule has 0 spiro atoms. The van der Waals surface area contributed by atoms with Crippen molar-refractivity contribution in [2.75, 3.05) is 26.2 Å². The van der Waals surface area contributed by atoms with E-state index in [4.69, 9.17) is 10.5 Å². The minimum atomic E-state index is -0.231. The quantitative estimate of drug-likeness (QED) is 0.839. The van der Waals surface area contributed by atoms with Gasteiger partial charge in [0.25, 0.3) is 0 Å². The Morgan fingerprint density at radius 2 is 2.22 bits per heavy atom. The molecular weight excluding hydrogens is 341 g/mol. The van der Waals surface area contributed by atoms with Gasteiger partial charge in [-0.2, -0.15) is 5.10 Å². The largest absolute Gasteiger partial charge is 0.366 e. The lowest BCUT2D eigenvalue weighted by molar-refractivity contribution is -0.144. The van der Waals surface area contributed by atoms with Gasteiger partial charge in [0.2, 0.25) is 5.91 Å². The summed E-state index contributed by atoms with van der Waals surface area (Å²) < 4.78 is 5.71. The summed E-state index contributed by atoms with van der Waals surface area (Å²) in [5.74, 6) is 2.04. The Morgan fingerprint density at radius 3 is 2.87 bits per heavy atom. The maximum absolute atomic E-state index is 12.7. The van der Waals surface area contributed by atoms with Gasteiger partial charge in [-0.25, -0.2) is 4.98 Å². The first-order chi connectivity index (χ1) is 10.2. The van der Waals surface area contributed by atoms with E-state index >= 15 is 0 Å². The zero-order chi connectivity index (χ0) is 14.8. The van der Waals surface area contributed by atoms with Gasteiger partial charge in [-0.15, -0.1) is 24.8 Å². The lowest BCUT2D eigenvalue weighted by atomic mass is 9.94. The molecule has 0 aromatic carbocycles. The average Bonchev–Trinajstić information content (AvgIpc) is 3.15. The van der Waals surface area contributed by atoms with Crippen molar-refractivity contribution in [1.29, 1.82) is 0 Å². The summed E-state index contributed by atoms with van der Waals surface area (Å²) in [5, 5.41) is 6.96. The molecule has 1 aromatic heterocycles. The number of ether oxygens (including phenoxy) is 1. The number of hydrogen-bond acceptors (Lipinski definition) is 5. The van der Waals surface area contributed by atoms with Crippen LogP contribution in [0.4, 0.5) is 0 Å². The van der Waals surface area contributed by atoms with Crippen molar-refractivity contribution < 1.29 is 9.53 Å². The van der Waals surface area contributed by atoms with Crippen LogP contribution in [0.1, 0.15) is 37.0 Å². The minimum Gasteiger partial charge on any atom is -0.366 e. The lowest BCUT2D eigenvalue weighted by Gasteiger charge is -2.34. The van der Waals surface area contributed by atoms with Crippen LogP contribution >= 0.6 is 24.8 Å². The lowest BCUT2D eigenvalue weighted by Crippen LogP contribution is -2.46. The smallest absolute Gasteiger partial charge is 0.226 e. The second-order valence-electron chi connectivity index (χ2n) is 5.96. The fraction of sp³-hybridized carbons (Fsp3) is 0.786. The maximum atomic E-state index is 12.7. The van der Waals surface area contributed by atoms with Gasteiger partial charge in [-0.3, -0.25) is 9.89 Å². The highest BCUT2D eigenvalue weighted by atomic mass is 35.5. The van der Waals surface area contributed by atoms with E-state index in [1.54, 1.807) is 0 Å². The summed E-state index contributed by atoms with van der Waals surface area (Å²) in [5.41, 5.74) is 5.79. The number of aromatic amines is 1. The van der Waals surface area contributed by atoms with E-state index in [2.05, 4.69) is 15.2 Å². The SMILES string of the molecule is Cc1nc(C2CN(C(=O)[C@@H]3CCC[C@@H]3CN)CCO2)n[nH]1.Cl.Cl. The van der Waals surface area contributed by atoms with Crippen LogP contribution in [0, 0.1) is 18.8 Å². The van der Waals surface area contributed by atoms with Crippen LogP contribution in [0.15, 0.2) is 0 Å². The normalized spacial score (nSPS) is 27.2. The third-order valence-electron chi connectivity index (χ3n) is 4.56. The first-order valence-corrected chi connectivity index (χ1v) is 7.68. The van der Waals surface area contributed by atoms with Gasteiger partial charge >= 0.3 is 0 Å². The zero-order valence-electron chi connectivity index (χ0n) is 13.2. The molecule has 1 amide bonds. The Labute approximate surface area is 148 Å². The molecule has 1 aromatic rings. The van der Waals surface area contributed by atoms with Gasteiger partial charge in [0.05, 0.1) is 13.2 Å². The molecule has 23 heavy (non-hydrogen) atoms. The monoisotopic (exact) mass is 365 g/mol. The number of nitrogens with two attached hydrogens (primary N) is 1. The Morgan fingerprint density at radius 1 is 1.43 bits per heavy atom. The van der Waals surface area contributed by atoms with E-state index < -0.39 is 0 Å². The summed E-state index contributed by atoms with van der Waals surface area (Å²) in [7, 11) is 0. The highest BCUT2D eigenvalue weighted by molar-refractivity contribution is 5.85.